The second-order valence-corrected chi connectivity index (χ2v) is 4.66. The number of hydrogen-bond acceptors (Lipinski definition) is 2. The molecule has 0 unspecified atom stereocenters. The van der Waals surface area contributed by atoms with E-state index < -0.39 is 5.97 Å². The number of hydrogen-bond donors (Lipinski definition) is 2. The Labute approximate surface area is 113 Å². The van der Waals surface area contributed by atoms with Gasteiger partial charge in [-0.2, -0.15) is 0 Å². The first-order valence-electron chi connectivity index (χ1n) is 6.11. The topological polar surface area (TPSA) is 66.4 Å². The fourth-order valence-electron chi connectivity index (χ4n) is 1.57. The van der Waals surface area contributed by atoms with E-state index in [9.17, 15) is 9.59 Å². The molecule has 0 saturated carbocycles. The van der Waals surface area contributed by atoms with Crippen molar-refractivity contribution >= 4 is 11.9 Å². The summed E-state index contributed by atoms with van der Waals surface area (Å²) in [5.74, 6) is -1.43. The third kappa shape index (κ3) is 3.95. The Morgan fingerprint density at radius 1 is 1.11 bits per heavy atom. The standard InChI is InChI=1S/C15H19NO3/c1-9-5-7-13(8-6-9)12(4)16-14(17)10(2)11(3)15(18)19/h5-8,12H,1-4H3,(H,16,17)(H,18,19)/b11-10-/t12-/m0/s1. The highest BCUT2D eigenvalue weighted by molar-refractivity contribution is 6.01. The van der Waals surface area contributed by atoms with Crippen LogP contribution >= 0.6 is 0 Å². The van der Waals surface area contributed by atoms with Crippen LogP contribution in [0.25, 0.3) is 0 Å². The number of carbonyl (C=O) groups is 2. The molecular formula is C15H19NO3. The molecule has 2 N–H and O–H groups in total. The highest BCUT2D eigenvalue weighted by Crippen LogP contribution is 2.14. The van der Waals surface area contributed by atoms with Crippen LogP contribution in [0.1, 0.15) is 37.9 Å². The molecule has 4 nitrogen and oxygen atoms in total. The number of carboxylic acid groups (broad SMARTS) is 1. The van der Waals surface area contributed by atoms with Crippen molar-refractivity contribution in [3.63, 3.8) is 0 Å². The van der Waals surface area contributed by atoms with Crippen molar-refractivity contribution in [3.8, 4) is 0 Å². The van der Waals surface area contributed by atoms with E-state index in [1.165, 1.54) is 13.8 Å². The van der Waals surface area contributed by atoms with E-state index in [1.807, 2.05) is 38.1 Å². The molecule has 0 heterocycles. The summed E-state index contributed by atoms with van der Waals surface area (Å²) in [4.78, 5) is 22.7. The number of amides is 1. The van der Waals surface area contributed by atoms with Crippen LogP contribution in [0.4, 0.5) is 0 Å². The maximum absolute atomic E-state index is 11.9. The third-order valence-corrected chi connectivity index (χ3v) is 3.15. The zero-order valence-corrected chi connectivity index (χ0v) is 11.7. The van der Waals surface area contributed by atoms with Gasteiger partial charge in [0.25, 0.3) is 0 Å². The van der Waals surface area contributed by atoms with Gasteiger partial charge < -0.3 is 10.4 Å². The molecule has 102 valence electrons. The van der Waals surface area contributed by atoms with Crippen LogP contribution in [0.2, 0.25) is 0 Å². The third-order valence-electron chi connectivity index (χ3n) is 3.15. The molecule has 0 aromatic heterocycles. The molecule has 0 aliphatic heterocycles. The van der Waals surface area contributed by atoms with Crippen molar-refractivity contribution in [1.29, 1.82) is 0 Å². The second kappa shape index (κ2) is 6.18. The molecular weight excluding hydrogens is 242 g/mol. The van der Waals surface area contributed by atoms with Crippen LogP contribution in [0.5, 0.6) is 0 Å². The molecule has 1 aromatic carbocycles. The van der Waals surface area contributed by atoms with Crippen LogP contribution in [-0.4, -0.2) is 17.0 Å². The number of benzene rings is 1. The molecule has 4 heteroatoms. The molecule has 0 fully saturated rings. The van der Waals surface area contributed by atoms with Gasteiger partial charge in [0.2, 0.25) is 5.91 Å². The number of carboxylic acids is 1. The molecule has 0 aliphatic rings. The summed E-state index contributed by atoms with van der Waals surface area (Å²) in [6, 6.07) is 7.68. The lowest BCUT2D eigenvalue weighted by atomic mass is 10.1. The summed E-state index contributed by atoms with van der Waals surface area (Å²) in [6.45, 7) is 6.80. The fraction of sp³-hybridized carbons (Fsp3) is 0.333. The van der Waals surface area contributed by atoms with E-state index >= 15 is 0 Å². The molecule has 1 aromatic rings. The minimum atomic E-state index is -1.07. The molecule has 1 rings (SSSR count). The summed E-state index contributed by atoms with van der Waals surface area (Å²) in [7, 11) is 0. The maximum atomic E-state index is 11.9. The second-order valence-electron chi connectivity index (χ2n) is 4.66. The van der Waals surface area contributed by atoms with Crippen molar-refractivity contribution in [2.24, 2.45) is 0 Å². The molecule has 0 aliphatic carbocycles. The summed E-state index contributed by atoms with van der Waals surface area (Å²) in [6.07, 6.45) is 0. The largest absolute Gasteiger partial charge is 0.478 e. The Morgan fingerprint density at radius 2 is 1.63 bits per heavy atom. The van der Waals surface area contributed by atoms with Crippen molar-refractivity contribution in [2.45, 2.75) is 33.7 Å². The van der Waals surface area contributed by atoms with Gasteiger partial charge in [-0.1, -0.05) is 29.8 Å². The van der Waals surface area contributed by atoms with E-state index in [0.717, 1.165) is 11.1 Å². The van der Waals surface area contributed by atoms with Crippen LogP contribution in [-0.2, 0) is 9.59 Å². The number of nitrogens with one attached hydrogen (secondary N) is 1. The Balaban J connectivity index is 2.80. The minimum Gasteiger partial charge on any atom is -0.478 e. The van der Waals surface area contributed by atoms with Crippen LogP contribution in [0.15, 0.2) is 35.4 Å². The zero-order chi connectivity index (χ0) is 14.6. The van der Waals surface area contributed by atoms with Gasteiger partial charge in [0, 0.05) is 11.1 Å². The first-order chi connectivity index (χ1) is 8.82. The molecule has 0 spiro atoms. The Kier molecular flexibility index (Phi) is 4.87. The Hall–Kier alpha value is -2.10. The van der Waals surface area contributed by atoms with Gasteiger partial charge in [-0.15, -0.1) is 0 Å². The number of rotatable bonds is 4. The Bertz CT molecular complexity index is 515. The molecule has 0 bridgehead atoms. The molecule has 1 atom stereocenters. The van der Waals surface area contributed by atoms with Crippen molar-refractivity contribution < 1.29 is 14.7 Å². The lowest BCUT2D eigenvalue weighted by Crippen LogP contribution is -2.28. The van der Waals surface area contributed by atoms with Gasteiger partial charge in [0.15, 0.2) is 0 Å². The predicted octanol–water partition coefficient (Wildman–Crippen LogP) is 2.59. The summed E-state index contributed by atoms with van der Waals surface area (Å²) >= 11 is 0. The molecule has 1 amide bonds. The molecule has 0 radical (unpaired) electrons. The van der Waals surface area contributed by atoms with E-state index in [4.69, 9.17) is 5.11 Å². The zero-order valence-electron chi connectivity index (χ0n) is 11.7. The highest BCUT2D eigenvalue weighted by Gasteiger charge is 2.15. The van der Waals surface area contributed by atoms with Gasteiger partial charge in [0.1, 0.15) is 0 Å². The summed E-state index contributed by atoms with van der Waals surface area (Å²) in [5, 5.41) is 11.6. The number of carbonyl (C=O) groups excluding carboxylic acids is 1. The molecule has 0 saturated heterocycles. The smallest absolute Gasteiger partial charge is 0.331 e. The van der Waals surface area contributed by atoms with Crippen molar-refractivity contribution in [3.05, 3.63) is 46.5 Å². The fourth-order valence-corrected chi connectivity index (χ4v) is 1.57. The lowest BCUT2D eigenvalue weighted by Gasteiger charge is -2.15. The van der Waals surface area contributed by atoms with Gasteiger partial charge in [-0.25, -0.2) is 4.79 Å². The predicted molar refractivity (Wildman–Crippen MR) is 73.7 cm³/mol. The summed E-state index contributed by atoms with van der Waals surface area (Å²) in [5.41, 5.74) is 2.43. The van der Waals surface area contributed by atoms with Gasteiger partial charge in [-0.3, -0.25) is 4.79 Å². The van der Waals surface area contributed by atoms with Crippen LogP contribution < -0.4 is 5.32 Å². The summed E-state index contributed by atoms with van der Waals surface area (Å²) < 4.78 is 0. The average Bonchev–Trinajstić information content (AvgIpc) is 2.37. The highest BCUT2D eigenvalue weighted by atomic mass is 16.4. The van der Waals surface area contributed by atoms with Crippen molar-refractivity contribution in [2.75, 3.05) is 0 Å². The average molecular weight is 261 g/mol. The van der Waals surface area contributed by atoms with Gasteiger partial charge >= 0.3 is 5.97 Å². The number of aliphatic carboxylic acids is 1. The maximum Gasteiger partial charge on any atom is 0.331 e. The van der Waals surface area contributed by atoms with Gasteiger partial charge in [0.05, 0.1) is 6.04 Å². The van der Waals surface area contributed by atoms with E-state index in [1.54, 1.807) is 0 Å². The SMILES string of the molecule is C/C(C(=O)O)=C(\C)C(=O)N[C@@H](C)c1ccc(C)cc1. The monoisotopic (exact) mass is 261 g/mol. The Morgan fingerprint density at radius 3 is 2.11 bits per heavy atom. The first-order valence-corrected chi connectivity index (χ1v) is 6.11. The van der Waals surface area contributed by atoms with Gasteiger partial charge in [-0.05, 0) is 33.3 Å². The van der Waals surface area contributed by atoms with E-state index in [-0.39, 0.29) is 23.1 Å². The molecule has 19 heavy (non-hydrogen) atoms. The number of aryl methyl sites for hydroxylation is 1. The quantitative estimate of drug-likeness (QED) is 0.819. The van der Waals surface area contributed by atoms with Crippen molar-refractivity contribution in [1.82, 2.24) is 5.32 Å². The first kappa shape index (κ1) is 15.0. The van der Waals surface area contributed by atoms with Crippen LogP contribution in [0, 0.1) is 6.92 Å². The van der Waals surface area contributed by atoms with E-state index in [0.29, 0.717) is 0 Å². The normalized spacial score (nSPS) is 13.5. The minimum absolute atomic E-state index is 0.0635. The van der Waals surface area contributed by atoms with Crippen LogP contribution in [0.3, 0.4) is 0 Å². The lowest BCUT2D eigenvalue weighted by molar-refractivity contribution is -0.133. The van der Waals surface area contributed by atoms with E-state index in [2.05, 4.69) is 5.32 Å².